The summed E-state index contributed by atoms with van der Waals surface area (Å²) in [7, 11) is 0. The minimum atomic E-state index is -0.766. The zero-order valence-electron chi connectivity index (χ0n) is 10.4. The Labute approximate surface area is 116 Å². The van der Waals surface area contributed by atoms with Crippen molar-refractivity contribution in [1.82, 2.24) is 4.98 Å². The fourth-order valence-electron chi connectivity index (χ4n) is 1.82. The number of rotatable bonds is 6. The first-order valence-electron chi connectivity index (χ1n) is 6.06. The third-order valence-corrected chi connectivity index (χ3v) is 3.85. The van der Waals surface area contributed by atoms with E-state index in [9.17, 15) is 4.79 Å². The summed E-state index contributed by atoms with van der Waals surface area (Å²) in [4.78, 5) is 16.1. The van der Waals surface area contributed by atoms with Gasteiger partial charge in [-0.05, 0) is 30.2 Å². The van der Waals surface area contributed by atoms with Crippen molar-refractivity contribution in [3.63, 3.8) is 0 Å². The largest absolute Gasteiger partial charge is 0.481 e. The molecule has 0 saturated heterocycles. The van der Waals surface area contributed by atoms with Gasteiger partial charge in [0.2, 0.25) is 0 Å². The second-order valence-corrected chi connectivity index (χ2v) is 5.59. The third-order valence-electron chi connectivity index (χ3n) is 2.63. The van der Waals surface area contributed by atoms with Crippen molar-refractivity contribution in [3.05, 3.63) is 60.4 Å². The van der Waals surface area contributed by atoms with Crippen molar-refractivity contribution < 1.29 is 9.90 Å². The van der Waals surface area contributed by atoms with Crippen LogP contribution in [0.2, 0.25) is 0 Å². The number of carboxylic acids is 1. The van der Waals surface area contributed by atoms with Crippen molar-refractivity contribution in [2.75, 3.05) is 0 Å². The molecule has 1 aromatic carbocycles. The average molecular weight is 273 g/mol. The van der Waals surface area contributed by atoms with E-state index in [2.05, 4.69) is 4.98 Å². The van der Waals surface area contributed by atoms with E-state index in [1.165, 1.54) is 0 Å². The van der Waals surface area contributed by atoms with E-state index in [0.29, 0.717) is 6.42 Å². The molecule has 19 heavy (non-hydrogen) atoms. The lowest BCUT2D eigenvalue weighted by Crippen LogP contribution is -2.13. The molecule has 0 aliphatic rings. The molecule has 3 nitrogen and oxygen atoms in total. The van der Waals surface area contributed by atoms with Crippen LogP contribution in [0.4, 0.5) is 0 Å². The molecule has 0 fully saturated rings. The molecule has 98 valence electrons. The second kappa shape index (κ2) is 6.95. The summed E-state index contributed by atoms with van der Waals surface area (Å²) in [5, 5.41) is 9.03. The SMILES string of the molecule is O=C(O)CC(Cc1cccnc1)Sc1ccccc1. The second-order valence-electron chi connectivity index (χ2n) is 4.22. The number of aromatic nitrogens is 1. The maximum absolute atomic E-state index is 11.0. The molecule has 0 aliphatic heterocycles. The van der Waals surface area contributed by atoms with Gasteiger partial charge in [0.05, 0.1) is 6.42 Å². The molecule has 0 saturated carbocycles. The Morgan fingerprint density at radius 3 is 2.63 bits per heavy atom. The molecular formula is C15H15NO2S. The molecule has 0 radical (unpaired) electrons. The van der Waals surface area contributed by atoms with Crippen LogP contribution in [0.1, 0.15) is 12.0 Å². The van der Waals surface area contributed by atoms with Gasteiger partial charge in [-0.1, -0.05) is 24.3 Å². The summed E-state index contributed by atoms with van der Waals surface area (Å²) in [5.41, 5.74) is 1.07. The van der Waals surface area contributed by atoms with E-state index >= 15 is 0 Å². The van der Waals surface area contributed by atoms with E-state index in [1.807, 2.05) is 42.5 Å². The number of hydrogen-bond donors (Lipinski definition) is 1. The smallest absolute Gasteiger partial charge is 0.304 e. The maximum Gasteiger partial charge on any atom is 0.304 e. The summed E-state index contributed by atoms with van der Waals surface area (Å²) in [6.45, 7) is 0. The molecule has 1 unspecified atom stereocenters. The van der Waals surface area contributed by atoms with E-state index in [4.69, 9.17) is 5.11 Å². The van der Waals surface area contributed by atoms with Gasteiger partial charge in [-0.25, -0.2) is 0 Å². The first-order valence-corrected chi connectivity index (χ1v) is 6.94. The highest BCUT2D eigenvalue weighted by molar-refractivity contribution is 8.00. The van der Waals surface area contributed by atoms with Gasteiger partial charge in [-0.15, -0.1) is 11.8 Å². The number of hydrogen-bond acceptors (Lipinski definition) is 3. The maximum atomic E-state index is 11.0. The Morgan fingerprint density at radius 1 is 1.21 bits per heavy atom. The van der Waals surface area contributed by atoms with Crippen LogP contribution in [0.15, 0.2) is 59.8 Å². The van der Waals surface area contributed by atoms with E-state index in [1.54, 1.807) is 24.2 Å². The highest BCUT2D eigenvalue weighted by atomic mass is 32.2. The lowest BCUT2D eigenvalue weighted by atomic mass is 10.1. The quantitative estimate of drug-likeness (QED) is 0.821. The molecule has 2 aromatic rings. The third kappa shape index (κ3) is 4.75. The van der Waals surface area contributed by atoms with Crippen molar-refractivity contribution >= 4 is 17.7 Å². The van der Waals surface area contributed by atoms with Gasteiger partial charge in [0.15, 0.2) is 0 Å². The number of nitrogens with zero attached hydrogens (tertiary/aromatic N) is 1. The molecule has 1 atom stereocenters. The summed E-state index contributed by atoms with van der Waals surface area (Å²) < 4.78 is 0. The lowest BCUT2D eigenvalue weighted by Gasteiger charge is -2.14. The normalized spacial score (nSPS) is 12.0. The van der Waals surface area contributed by atoms with Crippen LogP contribution < -0.4 is 0 Å². The van der Waals surface area contributed by atoms with Gasteiger partial charge in [0.25, 0.3) is 0 Å². The predicted octanol–water partition coefficient (Wildman–Crippen LogP) is 3.26. The topological polar surface area (TPSA) is 50.2 Å². The Kier molecular flexibility index (Phi) is 4.98. The average Bonchev–Trinajstić information content (AvgIpc) is 2.40. The summed E-state index contributed by atoms with van der Waals surface area (Å²) in [6.07, 6.45) is 4.37. The Hall–Kier alpha value is -1.81. The van der Waals surface area contributed by atoms with Crippen LogP contribution in [0.3, 0.4) is 0 Å². The highest BCUT2D eigenvalue weighted by Gasteiger charge is 2.15. The van der Waals surface area contributed by atoms with Gasteiger partial charge >= 0.3 is 5.97 Å². The van der Waals surface area contributed by atoms with Gasteiger partial charge < -0.3 is 5.11 Å². The minimum absolute atomic E-state index is 0.0177. The molecule has 1 N–H and O–H groups in total. The van der Waals surface area contributed by atoms with Crippen LogP contribution in [0.5, 0.6) is 0 Å². The molecular weight excluding hydrogens is 258 g/mol. The van der Waals surface area contributed by atoms with Crippen LogP contribution in [-0.4, -0.2) is 21.3 Å². The molecule has 2 rings (SSSR count). The molecule has 0 aliphatic carbocycles. The van der Waals surface area contributed by atoms with Gasteiger partial charge in [-0.3, -0.25) is 9.78 Å². The standard InChI is InChI=1S/C15H15NO2S/c17-15(18)10-14(9-12-5-4-8-16-11-12)19-13-6-2-1-3-7-13/h1-8,11,14H,9-10H2,(H,17,18). The molecule has 1 aromatic heterocycles. The van der Waals surface area contributed by atoms with Crippen LogP contribution in [0, 0.1) is 0 Å². The van der Waals surface area contributed by atoms with Crippen molar-refractivity contribution in [2.45, 2.75) is 23.0 Å². The Balaban J connectivity index is 2.06. The fourth-order valence-corrected chi connectivity index (χ4v) is 3.02. The molecule has 0 spiro atoms. The zero-order chi connectivity index (χ0) is 13.5. The van der Waals surface area contributed by atoms with Crippen LogP contribution in [-0.2, 0) is 11.2 Å². The predicted molar refractivity (Wildman–Crippen MR) is 76.3 cm³/mol. The summed E-state index contributed by atoms with van der Waals surface area (Å²) in [6, 6.07) is 13.7. The Morgan fingerprint density at radius 2 is 2.00 bits per heavy atom. The first kappa shape index (κ1) is 13.6. The summed E-state index contributed by atoms with van der Waals surface area (Å²) in [5.74, 6) is -0.766. The zero-order valence-corrected chi connectivity index (χ0v) is 11.2. The van der Waals surface area contributed by atoms with Crippen LogP contribution >= 0.6 is 11.8 Å². The highest BCUT2D eigenvalue weighted by Crippen LogP contribution is 2.27. The number of aliphatic carboxylic acids is 1. The van der Waals surface area contributed by atoms with Gasteiger partial charge in [-0.2, -0.15) is 0 Å². The number of pyridine rings is 1. The molecule has 4 heteroatoms. The van der Waals surface area contributed by atoms with Crippen molar-refractivity contribution in [1.29, 1.82) is 0 Å². The van der Waals surface area contributed by atoms with E-state index < -0.39 is 5.97 Å². The number of benzene rings is 1. The van der Waals surface area contributed by atoms with E-state index in [0.717, 1.165) is 10.5 Å². The molecule has 0 amide bonds. The Bertz CT molecular complexity index is 475. The van der Waals surface area contributed by atoms with Crippen LogP contribution in [0.25, 0.3) is 0 Å². The number of thioether (sulfide) groups is 1. The molecule has 0 bridgehead atoms. The fraction of sp³-hybridized carbons (Fsp3) is 0.200. The van der Waals surface area contributed by atoms with Gasteiger partial charge in [0.1, 0.15) is 0 Å². The number of carboxylic acid groups (broad SMARTS) is 1. The molecule has 1 heterocycles. The summed E-state index contributed by atoms with van der Waals surface area (Å²) >= 11 is 1.60. The minimum Gasteiger partial charge on any atom is -0.481 e. The monoisotopic (exact) mass is 273 g/mol. The van der Waals surface area contributed by atoms with E-state index in [-0.39, 0.29) is 11.7 Å². The van der Waals surface area contributed by atoms with Gasteiger partial charge in [0, 0.05) is 22.5 Å². The van der Waals surface area contributed by atoms with Crippen molar-refractivity contribution in [2.24, 2.45) is 0 Å². The van der Waals surface area contributed by atoms with Crippen molar-refractivity contribution in [3.8, 4) is 0 Å². The number of carbonyl (C=O) groups is 1. The lowest BCUT2D eigenvalue weighted by molar-refractivity contribution is -0.136. The first-order chi connectivity index (χ1) is 9.24.